The molecule has 0 aliphatic carbocycles. The van der Waals surface area contributed by atoms with Crippen LogP contribution >= 0.6 is 8.03 Å². The fraction of sp³-hybridized carbons (Fsp3) is 0.545. The summed E-state index contributed by atoms with van der Waals surface area (Å²) < 4.78 is 16.6. The van der Waals surface area contributed by atoms with E-state index in [1.165, 1.54) is 0 Å². The molecule has 0 spiro atoms. The van der Waals surface area contributed by atoms with Gasteiger partial charge in [-0.05, 0) is 23.1 Å². The van der Waals surface area contributed by atoms with Crippen molar-refractivity contribution in [2.45, 2.75) is 26.2 Å². The van der Waals surface area contributed by atoms with Gasteiger partial charge in [0.15, 0.2) is 6.16 Å². The lowest BCUT2D eigenvalue weighted by atomic mass is 10.3. The van der Waals surface area contributed by atoms with Crippen LogP contribution in [0.15, 0.2) is 24.4 Å². The van der Waals surface area contributed by atoms with Crippen molar-refractivity contribution < 1.29 is 9.09 Å². The van der Waals surface area contributed by atoms with Crippen LogP contribution in [0.5, 0.6) is 0 Å². The quantitative estimate of drug-likeness (QED) is 0.529. The smallest absolute Gasteiger partial charge is 0.261 e. The second-order valence-electron chi connectivity index (χ2n) is 3.31. The van der Waals surface area contributed by atoms with E-state index < -0.39 is 8.03 Å². The SMILES string of the molecule is CCCCO[P+](=O)CCc1ccccn1. The molecule has 0 radical (unpaired) electrons. The molecule has 1 unspecified atom stereocenters. The van der Waals surface area contributed by atoms with Gasteiger partial charge in [-0.25, -0.2) is 0 Å². The Morgan fingerprint density at radius 3 is 3.00 bits per heavy atom. The molecule has 3 nitrogen and oxygen atoms in total. The average Bonchev–Trinajstić information content (AvgIpc) is 2.28. The van der Waals surface area contributed by atoms with Gasteiger partial charge in [0.1, 0.15) is 6.61 Å². The number of nitrogens with zero attached hydrogens (tertiary/aromatic N) is 1. The fourth-order valence-corrected chi connectivity index (χ4v) is 2.00. The van der Waals surface area contributed by atoms with Crippen LogP contribution in [0.4, 0.5) is 0 Å². The standard InChI is InChI=1S/C11H17NO2P/c1-2-3-9-14-15(13)10-7-11-6-4-5-8-12-11/h4-6,8H,2-3,7,9-10H2,1H3/q+1. The molecule has 15 heavy (non-hydrogen) atoms. The van der Waals surface area contributed by atoms with Gasteiger partial charge >= 0.3 is 8.03 Å². The van der Waals surface area contributed by atoms with Crippen LogP contribution in [0, 0.1) is 0 Å². The first-order valence-electron chi connectivity index (χ1n) is 5.30. The molecule has 0 aliphatic heterocycles. The number of aromatic nitrogens is 1. The monoisotopic (exact) mass is 226 g/mol. The van der Waals surface area contributed by atoms with Gasteiger partial charge in [-0.1, -0.05) is 19.4 Å². The van der Waals surface area contributed by atoms with Crippen molar-refractivity contribution >= 4 is 8.03 Å². The van der Waals surface area contributed by atoms with Gasteiger partial charge in [0.05, 0.1) is 0 Å². The zero-order valence-electron chi connectivity index (χ0n) is 9.06. The minimum atomic E-state index is -1.51. The Morgan fingerprint density at radius 1 is 1.47 bits per heavy atom. The Labute approximate surface area is 91.7 Å². The summed E-state index contributed by atoms with van der Waals surface area (Å²) in [6.45, 7) is 2.69. The van der Waals surface area contributed by atoms with Crippen LogP contribution in [-0.2, 0) is 15.5 Å². The number of hydrogen-bond acceptors (Lipinski definition) is 3. The van der Waals surface area contributed by atoms with E-state index >= 15 is 0 Å². The van der Waals surface area contributed by atoms with Crippen molar-refractivity contribution in [1.29, 1.82) is 0 Å². The third-order valence-corrected chi connectivity index (χ3v) is 3.07. The summed E-state index contributed by atoms with van der Waals surface area (Å²) in [5.41, 5.74) is 0.972. The lowest BCUT2D eigenvalue weighted by Crippen LogP contribution is -1.94. The zero-order chi connectivity index (χ0) is 10.9. The lowest BCUT2D eigenvalue weighted by Gasteiger charge is -1.93. The van der Waals surface area contributed by atoms with E-state index in [-0.39, 0.29) is 0 Å². The summed E-state index contributed by atoms with van der Waals surface area (Å²) in [5, 5.41) is 0. The van der Waals surface area contributed by atoms with Gasteiger partial charge in [0.2, 0.25) is 0 Å². The van der Waals surface area contributed by atoms with Crippen LogP contribution in [0.3, 0.4) is 0 Å². The fourth-order valence-electron chi connectivity index (χ4n) is 1.13. The molecule has 0 bridgehead atoms. The molecule has 0 saturated heterocycles. The van der Waals surface area contributed by atoms with Crippen molar-refractivity contribution in [3.05, 3.63) is 30.1 Å². The zero-order valence-corrected chi connectivity index (χ0v) is 9.95. The summed E-state index contributed by atoms with van der Waals surface area (Å²) >= 11 is 0. The molecular formula is C11H17NO2P+. The first-order chi connectivity index (χ1) is 7.33. The summed E-state index contributed by atoms with van der Waals surface area (Å²) in [5.74, 6) is 0. The Bertz CT molecular complexity index is 290. The van der Waals surface area contributed by atoms with Gasteiger partial charge in [-0.2, -0.15) is 0 Å². The number of aryl methyl sites for hydroxylation is 1. The maximum atomic E-state index is 11.4. The minimum Gasteiger partial charge on any atom is -0.261 e. The van der Waals surface area contributed by atoms with Crippen molar-refractivity contribution in [1.82, 2.24) is 4.98 Å². The first-order valence-corrected chi connectivity index (χ1v) is 6.66. The largest absolute Gasteiger partial charge is 0.508 e. The second kappa shape index (κ2) is 7.49. The highest BCUT2D eigenvalue weighted by Gasteiger charge is 2.16. The first kappa shape index (κ1) is 12.3. The Balaban J connectivity index is 2.17. The maximum absolute atomic E-state index is 11.4. The normalized spacial score (nSPS) is 11.4. The molecule has 4 heteroatoms. The van der Waals surface area contributed by atoms with E-state index in [9.17, 15) is 4.57 Å². The predicted octanol–water partition coefficient (Wildman–Crippen LogP) is 3.18. The van der Waals surface area contributed by atoms with Crippen molar-refractivity contribution in [3.63, 3.8) is 0 Å². The molecule has 1 rings (SSSR count). The van der Waals surface area contributed by atoms with E-state index in [1.54, 1.807) is 6.20 Å². The molecule has 0 saturated carbocycles. The van der Waals surface area contributed by atoms with Crippen molar-refractivity contribution in [2.75, 3.05) is 12.8 Å². The summed E-state index contributed by atoms with van der Waals surface area (Å²) in [6.07, 6.45) is 5.09. The molecule has 0 aromatic carbocycles. The molecule has 1 aromatic heterocycles. The highest BCUT2D eigenvalue weighted by Crippen LogP contribution is 2.23. The number of rotatable bonds is 7. The maximum Gasteiger partial charge on any atom is 0.508 e. The van der Waals surface area contributed by atoms with Gasteiger partial charge < -0.3 is 0 Å². The Morgan fingerprint density at radius 2 is 2.33 bits per heavy atom. The number of hydrogen-bond donors (Lipinski definition) is 0. The molecule has 1 atom stereocenters. The summed E-state index contributed by atoms with van der Waals surface area (Å²) in [6, 6.07) is 5.75. The van der Waals surface area contributed by atoms with E-state index in [2.05, 4.69) is 11.9 Å². The molecule has 0 N–H and O–H groups in total. The second-order valence-corrected chi connectivity index (χ2v) is 4.69. The van der Waals surface area contributed by atoms with Gasteiger partial charge in [0.25, 0.3) is 0 Å². The molecule has 0 fully saturated rings. The molecule has 82 valence electrons. The third-order valence-electron chi connectivity index (χ3n) is 2.01. The number of pyridine rings is 1. The molecule has 1 aromatic rings. The highest BCUT2D eigenvalue weighted by molar-refractivity contribution is 7.39. The predicted molar refractivity (Wildman–Crippen MR) is 61.3 cm³/mol. The summed E-state index contributed by atoms with van der Waals surface area (Å²) in [7, 11) is -1.51. The van der Waals surface area contributed by atoms with Crippen LogP contribution < -0.4 is 0 Å². The van der Waals surface area contributed by atoms with Gasteiger partial charge in [0, 0.05) is 18.3 Å². The Kier molecular flexibility index (Phi) is 6.14. The Hall–Kier alpha value is -0.790. The van der Waals surface area contributed by atoms with Crippen LogP contribution in [-0.4, -0.2) is 17.8 Å². The van der Waals surface area contributed by atoms with E-state index in [1.807, 2.05) is 18.2 Å². The lowest BCUT2D eigenvalue weighted by molar-refractivity contribution is 0.321. The van der Waals surface area contributed by atoms with Crippen LogP contribution in [0.1, 0.15) is 25.5 Å². The molecule has 0 amide bonds. The topological polar surface area (TPSA) is 39.2 Å². The third kappa shape index (κ3) is 5.60. The highest BCUT2D eigenvalue weighted by atomic mass is 31.1. The van der Waals surface area contributed by atoms with E-state index in [0.29, 0.717) is 12.8 Å². The van der Waals surface area contributed by atoms with Crippen molar-refractivity contribution in [2.24, 2.45) is 0 Å². The molecular weight excluding hydrogens is 209 g/mol. The summed E-state index contributed by atoms with van der Waals surface area (Å²) in [4.78, 5) is 4.16. The average molecular weight is 226 g/mol. The van der Waals surface area contributed by atoms with Crippen LogP contribution in [0.2, 0.25) is 0 Å². The molecule has 1 heterocycles. The van der Waals surface area contributed by atoms with Crippen molar-refractivity contribution in [3.8, 4) is 0 Å². The number of unbranched alkanes of at least 4 members (excludes halogenated alkanes) is 1. The van der Waals surface area contributed by atoms with Crippen LogP contribution in [0.25, 0.3) is 0 Å². The minimum absolute atomic E-state index is 0.566. The van der Waals surface area contributed by atoms with Gasteiger partial charge in [-0.3, -0.25) is 4.98 Å². The molecule has 0 aliphatic rings. The van der Waals surface area contributed by atoms with E-state index in [4.69, 9.17) is 4.52 Å². The van der Waals surface area contributed by atoms with Gasteiger partial charge in [-0.15, -0.1) is 4.52 Å². The van der Waals surface area contributed by atoms with E-state index in [0.717, 1.165) is 25.0 Å².